The van der Waals surface area contributed by atoms with Gasteiger partial charge in [-0.25, -0.2) is 0 Å². The lowest BCUT2D eigenvalue weighted by Crippen LogP contribution is -2.67. The normalized spacial score (nSPS) is 18.1. The quantitative estimate of drug-likeness (QED) is 0.0834. The van der Waals surface area contributed by atoms with Crippen LogP contribution in [-0.4, -0.2) is 92.0 Å². The van der Waals surface area contributed by atoms with Crippen LogP contribution < -0.4 is 24.5 Å². The molecular weight excluding hydrogens is 652 g/mol. The lowest BCUT2D eigenvalue weighted by atomic mass is 10.1. The van der Waals surface area contributed by atoms with Crippen LogP contribution in [0, 0.1) is 13.8 Å². The SMILES string of the molecule is CCOc1cc(OCC)cc(-n2cc(C(=O)N(CC)c3cc(C)cc(C)c3)c(=O)c3ccc(OCCCCCCC[N+]45CCN(CC4)CC5)cc32)c1. The van der Waals surface area contributed by atoms with Gasteiger partial charge in [0, 0.05) is 67.7 Å². The van der Waals surface area contributed by atoms with Crippen LogP contribution in [0.2, 0.25) is 0 Å². The molecule has 9 nitrogen and oxygen atoms in total. The van der Waals surface area contributed by atoms with Crippen LogP contribution in [-0.2, 0) is 0 Å². The highest BCUT2D eigenvalue weighted by Gasteiger charge is 2.37. The fourth-order valence-corrected chi connectivity index (χ4v) is 7.99. The predicted molar refractivity (Wildman–Crippen MR) is 210 cm³/mol. The summed E-state index contributed by atoms with van der Waals surface area (Å²) < 4.78 is 21.3. The Kier molecular flexibility index (Phi) is 12.2. The average Bonchev–Trinajstić information content (AvgIpc) is 3.13. The van der Waals surface area contributed by atoms with E-state index in [9.17, 15) is 9.59 Å². The van der Waals surface area contributed by atoms with Crippen LogP contribution in [0.25, 0.3) is 16.6 Å². The number of hydrogen-bond acceptors (Lipinski definition) is 6. The smallest absolute Gasteiger partial charge is 0.263 e. The summed E-state index contributed by atoms with van der Waals surface area (Å²) in [7, 11) is 0. The summed E-state index contributed by atoms with van der Waals surface area (Å²) >= 11 is 0. The third-order valence-corrected chi connectivity index (χ3v) is 10.8. The van der Waals surface area contributed by atoms with E-state index in [1.165, 1.54) is 69.6 Å². The molecule has 0 atom stereocenters. The van der Waals surface area contributed by atoms with Crippen molar-refractivity contribution < 1.29 is 23.5 Å². The molecule has 4 heterocycles. The van der Waals surface area contributed by atoms with Crippen molar-refractivity contribution >= 4 is 22.5 Å². The van der Waals surface area contributed by atoms with Crippen molar-refractivity contribution in [2.45, 2.75) is 66.7 Å². The number of ether oxygens (including phenoxy) is 3. The van der Waals surface area contributed by atoms with Gasteiger partial charge in [-0.3, -0.25) is 14.5 Å². The molecule has 3 aliphatic heterocycles. The topological polar surface area (TPSA) is 73.2 Å². The van der Waals surface area contributed by atoms with Crippen LogP contribution in [0.1, 0.15) is 74.4 Å². The van der Waals surface area contributed by atoms with Crippen LogP contribution in [0.15, 0.2) is 65.6 Å². The van der Waals surface area contributed by atoms with Crippen molar-refractivity contribution in [3.8, 4) is 22.9 Å². The zero-order valence-corrected chi connectivity index (χ0v) is 31.9. The number of hydrogen-bond donors (Lipinski definition) is 0. The average molecular weight is 710 g/mol. The van der Waals surface area contributed by atoms with E-state index in [2.05, 4.69) is 11.0 Å². The number of fused-ring (bicyclic) bond motifs is 4. The highest BCUT2D eigenvalue weighted by atomic mass is 16.5. The third kappa shape index (κ3) is 8.64. The minimum atomic E-state index is -0.345. The van der Waals surface area contributed by atoms with Gasteiger partial charge in [-0.1, -0.05) is 18.9 Å². The number of anilines is 1. The van der Waals surface area contributed by atoms with Gasteiger partial charge in [-0.15, -0.1) is 0 Å². The highest BCUT2D eigenvalue weighted by Crippen LogP contribution is 2.30. The maximum Gasteiger partial charge on any atom is 0.263 e. The van der Waals surface area contributed by atoms with Gasteiger partial charge in [0.25, 0.3) is 5.91 Å². The van der Waals surface area contributed by atoms with Gasteiger partial charge >= 0.3 is 0 Å². The number of piperazine rings is 3. The summed E-state index contributed by atoms with van der Waals surface area (Å²) in [6.45, 7) is 21.0. The summed E-state index contributed by atoms with van der Waals surface area (Å²) in [5, 5.41) is 0.441. The number of pyridine rings is 1. The first-order valence-electron chi connectivity index (χ1n) is 19.4. The van der Waals surface area contributed by atoms with Crippen molar-refractivity contribution in [1.82, 2.24) is 9.47 Å². The van der Waals surface area contributed by atoms with E-state index in [1.54, 1.807) is 17.2 Å². The Labute approximate surface area is 309 Å². The predicted octanol–water partition coefficient (Wildman–Crippen LogP) is 7.55. The largest absolute Gasteiger partial charge is 0.494 e. The van der Waals surface area contributed by atoms with Crippen molar-refractivity contribution in [2.75, 3.05) is 77.1 Å². The van der Waals surface area contributed by atoms with Crippen LogP contribution >= 0.6 is 0 Å². The molecule has 3 aromatic carbocycles. The molecule has 3 fully saturated rings. The maximum absolute atomic E-state index is 14.3. The van der Waals surface area contributed by atoms with Crippen molar-refractivity contribution in [2.24, 2.45) is 0 Å². The fourth-order valence-electron chi connectivity index (χ4n) is 7.99. The number of amides is 1. The number of unbranched alkanes of at least 4 members (excludes halogenated alkanes) is 4. The standard InChI is InChI=1S/C43H57N4O5/c1-6-45(34-25-32(4)24-33(5)26-34)43(49)40-31-46(35-27-37(50-7-2)29-38(28-35)51-8-3)41-30-36(14-15-39(41)42(40)48)52-23-13-11-9-10-12-19-47-20-16-44(17-21-47)18-22-47/h14-15,24-31H,6-13,16-23H2,1-5H3/q+1. The molecule has 1 aromatic heterocycles. The molecule has 3 saturated heterocycles. The molecule has 4 aromatic rings. The summed E-state index contributed by atoms with van der Waals surface area (Å²) in [5.74, 6) is 1.63. The Balaban J connectivity index is 1.23. The lowest BCUT2D eigenvalue weighted by Gasteiger charge is -2.50. The van der Waals surface area contributed by atoms with Crippen LogP contribution in [0.3, 0.4) is 0 Å². The summed E-state index contributed by atoms with van der Waals surface area (Å²) in [6, 6.07) is 17.3. The first kappa shape index (κ1) is 37.4. The number of benzene rings is 3. The first-order valence-corrected chi connectivity index (χ1v) is 19.4. The van der Waals surface area contributed by atoms with E-state index in [1.807, 2.05) is 81.7 Å². The van der Waals surface area contributed by atoms with Crippen molar-refractivity contribution in [1.29, 1.82) is 0 Å². The number of rotatable bonds is 17. The third-order valence-electron chi connectivity index (χ3n) is 10.8. The Hall–Kier alpha value is -4.34. The molecule has 2 bridgehead atoms. The molecule has 0 aliphatic carbocycles. The number of aromatic nitrogens is 1. The molecule has 0 radical (unpaired) electrons. The molecule has 52 heavy (non-hydrogen) atoms. The Morgan fingerprint density at radius 2 is 1.38 bits per heavy atom. The summed E-state index contributed by atoms with van der Waals surface area (Å²) in [5.41, 5.74) is 4.03. The van der Waals surface area contributed by atoms with E-state index in [4.69, 9.17) is 14.2 Å². The van der Waals surface area contributed by atoms with E-state index in [-0.39, 0.29) is 16.9 Å². The second kappa shape index (κ2) is 17.0. The monoisotopic (exact) mass is 709 g/mol. The minimum absolute atomic E-state index is 0.0919. The molecular formula is C43H57N4O5+. The number of carbonyl (C=O) groups excluding carboxylic acids is 1. The Bertz CT molecular complexity index is 1850. The Morgan fingerprint density at radius 1 is 0.750 bits per heavy atom. The number of quaternary nitrogens is 1. The molecule has 0 N–H and O–H groups in total. The van der Waals surface area contributed by atoms with E-state index in [0.717, 1.165) is 35.3 Å². The fraction of sp³-hybridized carbons (Fsp3) is 0.488. The molecule has 3 aliphatic rings. The van der Waals surface area contributed by atoms with E-state index in [0.29, 0.717) is 54.5 Å². The molecule has 9 heteroatoms. The molecule has 0 spiro atoms. The zero-order chi connectivity index (χ0) is 36.7. The zero-order valence-electron chi connectivity index (χ0n) is 31.9. The molecule has 7 rings (SSSR count). The lowest BCUT2D eigenvalue weighted by molar-refractivity contribution is -0.941. The molecule has 1 amide bonds. The van der Waals surface area contributed by atoms with Crippen LogP contribution in [0.5, 0.6) is 17.2 Å². The summed E-state index contributed by atoms with van der Waals surface area (Å²) in [6.07, 6.45) is 7.58. The van der Waals surface area contributed by atoms with Gasteiger partial charge < -0.3 is 28.2 Å². The number of carbonyl (C=O) groups is 1. The van der Waals surface area contributed by atoms with Gasteiger partial charge in [0.1, 0.15) is 22.8 Å². The van der Waals surface area contributed by atoms with Crippen molar-refractivity contribution in [3.63, 3.8) is 0 Å². The van der Waals surface area contributed by atoms with Gasteiger partial charge in [0.15, 0.2) is 0 Å². The van der Waals surface area contributed by atoms with Crippen molar-refractivity contribution in [3.05, 3.63) is 87.7 Å². The van der Waals surface area contributed by atoms with Gasteiger partial charge in [0.2, 0.25) is 5.43 Å². The van der Waals surface area contributed by atoms with E-state index < -0.39 is 0 Å². The van der Waals surface area contributed by atoms with E-state index >= 15 is 0 Å². The number of nitrogens with zero attached hydrogens (tertiary/aromatic N) is 4. The first-order chi connectivity index (χ1) is 25.2. The molecule has 0 unspecified atom stereocenters. The minimum Gasteiger partial charge on any atom is -0.494 e. The second-order valence-electron chi connectivity index (χ2n) is 14.5. The van der Waals surface area contributed by atoms with Crippen LogP contribution in [0.4, 0.5) is 5.69 Å². The van der Waals surface area contributed by atoms with Gasteiger partial charge in [-0.05, 0) is 89.3 Å². The summed E-state index contributed by atoms with van der Waals surface area (Å²) in [4.78, 5) is 32.7. The molecule has 0 saturated carbocycles. The van der Waals surface area contributed by atoms with Gasteiger partial charge in [-0.2, -0.15) is 0 Å². The van der Waals surface area contributed by atoms with Gasteiger partial charge in [0.05, 0.1) is 57.2 Å². The highest BCUT2D eigenvalue weighted by molar-refractivity contribution is 6.07. The number of aryl methyl sites for hydroxylation is 2. The maximum atomic E-state index is 14.3. The molecule has 278 valence electrons. The second-order valence-corrected chi connectivity index (χ2v) is 14.5. The Morgan fingerprint density at radius 3 is 2.02 bits per heavy atom.